The number of amides is 1. The lowest BCUT2D eigenvalue weighted by Gasteiger charge is -2.15. The molecule has 0 spiro atoms. The highest BCUT2D eigenvalue weighted by atomic mass is 35.5. The summed E-state index contributed by atoms with van der Waals surface area (Å²) in [4.78, 5) is 17.4. The van der Waals surface area contributed by atoms with Gasteiger partial charge in [-0.1, -0.05) is 41.4 Å². The van der Waals surface area contributed by atoms with Crippen molar-refractivity contribution in [2.24, 2.45) is 0 Å². The Balaban J connectivity index is 1.33. The van der Waals surface area contributed by atoms with Crippen molar-refractivity contribution in [2.75, 3.05) is 0 Å². The van der Waals surface area contributed by atoms with Crippen LogP contribution in [0.4, 0.5) is 0 Å². The van der Waals surface area contributed by atoms with Crippen molar-refractivity contribution in [3.63, 3.8) is 0 Å². The monoisotopic (exact) mass is 425 g/mol. The second-order valence-electron chi connectivity index (χ2n) is 7.84. The van der Waals surface area contributed by atoms with Crippen LogP contribution in [0.1, 0.15) is 41.4 Å². The molecule has 1 atom stereocenters. The zero-order valence-corrected chi connectivity index (χ0v) is 17.4. The number of carbonyl (C=O) groups excluding carboxylic acids is 1. The van der Waals surface area contributed by atoms with Crippen LogP contribution in [0, 0.1) is 0 Å². The number of carbonyl (C=O) groups is 1. The summed E-state index contributed by atoms with van der Waals surface area (Å²) in [6.07, 6.45) is 6.57. The van der Waals surface area contributed by atoms with E-state index >= 15 is 0 Å². The van der Waals surface area contributed by atoms with Crippen LogP contribution in [0.2, 0.25) is 10.0 Å². The fourth-order valence-corrected chi connectivity index (χ4v) is 4.71. The second kappa shape index (κ2) is 7.51. The van der Waals surface area contributed by atoms with E-state index in [4.69, 9.17) is 28.2 Å². The topological polar surface area (TPSA) is 46.9 Å². The van der Waals surface area contributed by atoms with Gasteiger partial charge < -0.3 is 9.88 Å². The van der Waals surface area contributed by atoms with E-state index in [-0.39, 0.29) is 18.4 Å². The van der Waals surface area contributed by atoms with E-state index in [2.05, 4.69) is 34.3 Å². The molecule has 2 heterocycles. The van der Waals surface area contributed by atoms with Gasteiger partial charge in [-0.25, -0.2) is 4.98 Å². The van der Waals surface area contributed by atoms with Crippen molar-refractivity contribution in [3.05, 3.63) is 75.2 Å². The smallest absolute Gasteiger partial charge is 0.224 e. The Labute approximate surface area is 179 Å². The Morgan fingerprint density at radius 2 is 2.03 bits per heavy atom. The third kappa shape index (κ3) is 3.67. The fraction of sp³-hybridized carbons (Fsp3) is 0.304. The third-order valence-corrected chi connectivity index (χ3v) is 6.60. The van der Waals surface area contributed by atoms with Crippen molar-refractivity contribution >= 4 is 29.1 Å². The molecule has 1 unspecified atom stereocenters. The lowest BCUT2D eigenvalue weighted by molar-refractivity contribution is -0.121. The predicted molar refractivity (Wildman–Crippen MR) is 115 cm³/mol. The van der Waals surface area contributed by atoms with Crippen molar-refractivity contribution in [1.82, 2.24) is 14.9 Å². The Morgan fingerprint density at radius 3 is 2.86 bits per heavy atom. The maximum atomic E-state index is 12.6. The Kier molecular flexibility index (Phi) is 4.84. The molecule has 2 aromatic carbocycles. The van der Waals surface area contributed by atoms with Crippen LogP contribution in [0.3, 0.4) is 0 Å². The summed E-state index contributed by atoms with van der Waals surface area (Å²) in [5, 5.41) is 4.17. The molecule has 1 aliphatic carbocycles. The minimum Gasteiger partial charge on any atom is -0.349 e. The summed E-state index contributed by atoms with van der Waals surface area (Å²) >= 11 is 12.0. The highest BCUT2D eigenvalue weighted by molar-refractivity contribution is 6.42. The van der Waals surface area contributed by atoms with Crippen molar-refractivity contribution in [1.29, 1.82) is 0 Å². The number of rotatable bonds is 4. The molecule has 6 heteroatoms. The van der Waals surface area contributed by atoms with Crippen LogP contribution in [-0.2, 0) is 30.6 Å². The Morgan fingerprint density at radius 1 is 1.14 bits per heavy atom. The van der Waals surface area contributed by atoms with E-state index in [9.17, 15) is 4.79 Å². The van der Waals surface area contributed by atoms with Gasteiger partial charge in [-0.15, -0.1) is 0 Å². The van der Waals surface area contributed by atoms with Gasteiger partial charge in [-0.2, -0.15) is 0 Å². The molecule has 29 heavy (non-hydrogen) atoms. The van der Waals surface area contributed by atoms with Crippen LogP contribution >= 0.6 is 23.2 Å². The molecule has 1 N–H and O–H groups in total. The number of nitrogens with one attached hydrogen (secondary N) is 1. The molecule has 4 nitrogen and oxygen atoms in total. The van der Waals surface area contributed by atoms with Crippen molar-refractivity contribution in [3.8, 4) is 11.3 Å². The standard InChI is InChI=1S/C23H21Cl2N3O/c24-18-7-3-14(10-19(18)25)11-23(29)27-20-8-6-15-4-5-16(12-17(15)20)21-13-28-9-1-2-22(28)26-21/h3-5,7,10,12-13,20H,1-2,6,8-9,11H2,(H,27,29). The van der Waals surface area contributed by atoms with Gasteiger partial charge in [-0.05, 0) is 54.2 Å². The van der Waals surface area contributed by atoms with Crippen LogP contribution in [0.5, 0.6) is 0 Å². The quantitative estimate of drug-likeness (QED) is 0.627. The molecule has 148 valence electrons. The molecule has 1 aliphatic heterocycles. The number of benzene rings is 2. The van der Waals surface area contributed by atoms with Crippen LogP contribution in [0.15, 0.2) is 42.6 Å². The summed E-state index contributed by atoms with van der Waals surface area (Å²) in [7, 11) is 0. The molecule has 3 aromatic rings. The largest absolute Gasteiger partial charge is 0.349 e. The maximum Gasteiger partial charge on any atom is 0.224 e. The summed E-state index contributed by atoms with van der Waals surface area (Å²) in [6, 6.07) is 11.9. The fourth-order valence-electron chi connectivity index (χ4n) is 4.39. The SMILES string of the molecule is O=C(Cc1ccc(Cl)c(Cl)c1)NC1CCc2ccc(-c3cn4c(n3)CCC4)cc21. The average molecular weight is 426 g/mol. The number of hydrogen-bond donors (Lipinski definition) is 1. The number of halogens is 2. The number of aromatic nitrogens is 2. The Bertz CT molecular complexity index is 1080. The molecular weight excluding hydrogens is 405 g/mol. The predicted octanol–water partition coefficient (Wildman–Crippen LogP) is 5.15. The molecule has 1 aromatic heterocycles. The van der Waals surface area contributed by atoms with Gasteiger partial charge in [0.1, 0.15) is 5.82 Å². The number of nitrogens with zero attached hydrogens (tertiary/aromatic N) is 2. The minimum absolute atomic E-state index is 0.00684. The van der Waals surface area contributed by atoms with Gasteiger partial charge in [0.2, 0.25) is 5.91 Å². The summed E-state index contributed by atoms with van der Waals surface area (Å²) < 4.78 is 2.25. The zero-order chi connectivity index (χ0) is 20.0. The van der Waals surface area contributed by atoms with Crippen molar-refractivity contribution < 1.29 is 4.79 Å². The van der Waals surface area contributed by atoms with Crippen molar-refractivity contribution in [2.45, 2.75) is 44.7 Å². The molecular formula is C23H21Cl2N3O. The molecule has 0 radical (unpaired) electrons. The van der Waals surface area contributed by atoms with Gasteiger partial charge in [0, 0.05) is 24.7 Å². The van der Waals surface area contributed by atoms with E-state index in [0.717, 1.165) is 42.6 Å². The molecule has 1 amide bonds. The van der Waals surface area contributed by atoms with Gasteiger partial charge in [0.25, 0.3) is 0 Å². The lowest BCUT2D eigenvalue weighted by atomic mass is 10.0. The summed E-state index contributed by atoms with van der Waals surface area (Å²) in [5.74, 6) is 1.17. The third-order valence-electron chi connectivity index (χ3n) is 5.86. The normalized spacial score (nSPS) is 17.2. The first-order valence-electron chi connectivity index (χ1n) is 9.99. The second-order valence-corrected chi connectivity index (χ2v) is 8.65. The van der Waals surface area contributed by atoms with E-state index in [1.807, 2.05) is 6.07 Å². The number of hydrogen-bond acceptors (Lipinski definition) is 2. The summed E-state index contributed by atoms with van der Waals surface area (Å²) in [5.41, 5.74) is 5.52. The maximum absolute atomic E-state index is 12.6. The summed E-state index contributed by atoms with van der Waals surface area (Å²) in [6.45, 7) is 1.06. The Hall–Kier alpha value is -2.30. The van der Waals surface area contributed by atoms with E-state index < -0.39 is 0 Å². The first kappa shape index (κ1) is 18.7. The molecule has 2 aliphatic rings. The molecule has 0 saturated heterocycles. The van der Waals surface area contributed by atoms with E-state index in [0.29, 0.717) is 10.0 Å². The minimum atomic E-state index is -0.00684. The van der Waals surface area contributed by atoms with Gasteiger partial charge in [0.15, 0.2) is 0 Å². The molecule has 0 fully saturated rings. The molecule has 0 bridgehead atoms. The van der Waals surface area contributed by atoms with Crippen LogP contribution < -0.4 is 5.32 Å². The highest BCUT2D eigenvalue weighted by Gasteiger charge is 2.25. The zero-order valence-electron chi connectivity index (χ0n) is 15.9. The first-order valence-corrected chi connectivity index (χ1v) is 10.7. The highest BCUT2D eigenvalue weighted by Crippen LogP contribution is 2.35. The lowest BCUT2D eigenvalue weighted by Crippen LogP contribution is -2.28. The van der Waals surface area contributed by atoms with Crippen LogP contribution in [0.25, 0.3) is 11.3 Å². The molecule has 0 saturated carbocycles. The van der Waals surface area contributed by atoms with Crippen LogP contribution in [-0.4, -0.2) is 15.5 Å². The number of fused-ring (bicyclic) bond motifs is 2. The van der Waals surface area contributed by atoms with E-state index in [1.54, 1.807) is 12.1 Å². The van der Waals surface area contributed by atoms with Gasteiger partial charge >= 0.3 is 0 Å². The average Bonchev–Trinajstić information content (AvgIpc) is 3.39. The first-order chi connectivity index (χ1) is 14.1. The van der Waals surface area contributed by atoms with E-state index in [1.165, 1.54) is 23.4 Å². The number of aryl methyl sites for hydroxylation is 3. The van der Waals surface area contributed by atoms with Gasteiger partial charge in [0.05, 0.1) is 28.2 Å². The van der Waals surface area contributed by atoms with Gasteiger partial charge in [-0.3, -0.25) is 4.79 Å². The number of imidazole rings is 1. The molecule has 5 rings (SSSR count).